The van der Waals surface area contributed by atoms with Crippen LogP contribution in [-0.2, 0) is 21.4 Å². The molecule has 0 aromatic heterocycles. The van der Waals surface area contributed by atoms with Gasteiger partial charge < -0.3 is 5.32 Å². The molecule has 0 aliphatic heterocycles. The van der Waals surface area contributed by atoms with E-state index < -0.39 is 28.3 Å². The molecule has 1 N–H and O–H groups in total. The van der Waals surface area contributed by atoms with E-state index in [1.54, 1.807) is 12.1 Å². The molecule has 1 fully saturated rings. The molecule has 1 amide bonds. The van der Waals surface area contributed by atoms with Crippen molar-refractivity contribution >= 4 is 27.5 Å². The summed E-state index contributed by atoms with van der Waals surface area (Å²) < 4.78 is 42.2. The summed E-state index contributed by atoms with van der Waals surface area (Å²) in [5.74, 6) is -0.999. The van der Waals surface area contributed by atoms with Gasteiger partial charge in [0.05, 0.1) is 11.4 Å². The number of carbonyl (C=O) groups excluding carboxylic acids is 1. The second-order valence-electron chi connectivity index (χ2n) is 8.40. The first kappa shape index (κ1) is 24.7. The molecule has 8 heteroatoms. The normalized spacial score (nSPS) is 15.9. The lowest BCUT2D eigenvalue weighted by Gasteiger charge is -2.25. The third kappa shape index (κ3) is 6.53. The zero-order chi connectivity index (χ0) is 23.1. The van der Waals surface area contributed by atoms with Crippen LogP contribution in [0.1, 0.15) is 56.1 Å². The molecule has 1 saturated carbocycles. The predicted octanol–water partition coefficient (Wildman–Crippen LogP) is 5.21. The second-order valence-corrected chi connectivity index (χ2v) is 10.7. The average molecular weight is 481 g/mol. The lowest BCUT2D eigenvalue weighted by Crippen LogP contribution is -2.44. The number of halogens is 2. The highest BCUT2D eigenvalue weighted by molar-refractivity contribution is 7.89. The molecular formula is C24H30ClFN2O3S. The van der Waals surface area contributed by atoms with Gasteiger partial charge in [0, 0.05) is 23.2 Å². The van der Waals surface area contributed by atoms with E-state index in [1.807, 2.05) is 6.92 Å². The molecule has 0 atom stereocenters. The lowest BCUT2D eigenvalue weighted by atomic mass is 9.97. The summed E-state index contributed by atoms with van der Waals surface area (Å²) in [6.45, 7) is 1.12. The van der Waals surface area contributed by atoms with Gasteiger partial charge in [-0.2, -0.15) is 4.31 Å². The molecular weight excluding hydrogens is 451 g/mol. The summed E-state index contributed by atoms with van der Waals surface area (Å²) in [7, 11) is -4.05. The monoisotopic (exact) mass is 480 g/mol. The third-order valence-corrected chi connectivity index (χ3v) is 8.01. The molecule has 1 aliphatic carbocycles. The van der Waals surface area contributed by atoms with Crippen molar-refractivity contribution in [2.45, 2.75) is 69.4 Å². The van der Waals surface area contributed by atoms with Gasteiger partial charge in [-0.05, 0) is 44.0 Å². The minimum Gasteiger partial charge on any atom is -0.352 e. The molecule has 0 heterocycles. The van der Waals surface area contributed by atoms with E-state index in [9.17, 15) is 17.6 Å². The van der Waals surface area contributed by atoms with Crippen molar-refractivity contribution in [3.8, 4) is 0 Å². The van der Waals surface area contributed by atoms with Crippen molar-refractivity contribution in [2.24, 2.45) is 0 Å². The largest absolute Gasteiger partial charge is 0.352 e. The SMILES string of the molecule is Cc1ccc(S(=O)(=O)N(CC(=O)NC2CCCCCCC2)Cc2c(F)cccc2Cl)cc1. The Hall–Kier alpha value is -1.96. The molecule has 32 heavy (non-hydrogen) atoms. The maximum Gasteiger partial charge on any atom is 0.243 e. The second kappa shape index (κ2) is 11.3. The van der Waals surface area contributed by atoms with Crippen LogP contribution in [-0.4, -0.2) is 31.2 Å². The standard InChI is InChI=1S/C24H30ClFN2O3S/c1-18-12-14-20(15-13-18)32(30,31)28(16-21-22(25)10-7-11-23(21)26)17-24(29)27-19-8-5-3-2-4-6-9-19/h7,10-15,19H,2-6,8-9,16-17H2,1H3,(H,27,29). The summed E-state index contributed by atoms with van der Waals surface area (Å²) in [6, 6.07) is 10.6. The number of benzene rings is 2. The van der Waals surface area contributed by atoms with Crippen LogP contribution < -0.4 is 5.32 Å². The molecule has 3 rings (SSSR count). The maximum absolute atomic E-state index is 14.4. The highest BCUT2D eigenvalue weighted by Gasteiger charge is 2.29. The minimum absolute atomic E-state index is 0.0313. The Morgan fingerprint density at radius 2 is 1.69 bits per heavy atom. The van der Waals surface area contributed by atoms with Crippen LogP contribution in [0.2, 0.25) is 5.02 Å². The van der Waals surface area contributed by atoms with Crippen molar-refractivity contribution in [2.75, 3.05) is 6.54 Å². The Balaban J connectivity index is 1.84. The number of hydrogen-bond donors (Lipinski definition) is 1. The van der Waals surface area contributed by atoms with Gasteiger partial charge in [-0.3, -0.25) is 4.79 Å². The van der Waals surface area contributed by atoms with E-state index in [1.165, 1.54) is 36.8 Å². The van der Waals surface area contributed by atoms with E-state index >= 15 is 0 Å². The topological polar surface area (TPSA) is 66.5 Å². The van der Waals surface area contributed by atoms with Gasteiger partial charge in [-0.1, -0.05) is 67.5 Å². The van der Waals surface area contributed by atoms with Gasteiger partial charge in [0.1, 0.15) is 5.82 Å². The van der Waals surface area contributed by atoms with Crippen molar-refractivity contribution in [1.29, 1.82) is 0 Å². The number of carbonyl (C=O) groups is 1. The van der Waals surface area contributed by atoms with Crippen molar-refractivity contribution in [3.05, 3.63) is 64.4 Å². The third-order valence-electron chi connectivity index (χ3n) is 5.85. The van der Waals surface area contributed by atoms with E-state index in [0.29, 0.717) is 0 Å². The Kier molecular flexibility index (Phi) is 8.68. The molecule has 2 aromatic carbocycles. The van der Waals surface area contributed by atoms with E-state index in [0.717, 1.165) is 48.4 Å². The van der Waals surface area contributed by atoms with Crippen molar-refractivity contribution in [3.63, 3.8) is 0 Å². The van der Waals surface area contributed by atoms with Crippen molar-refractivity contribution < 1.29 is 17.6 Å². The Labute approximate surface area is 195 Å². The predicted molar refractivity (Wildman–Crippen MR) is 124 cm³/mol. The number of hydrogen-bond acceptors (Lipinski definition) is 3. The van der Waals surface area contributed by atoms with Gasteiger partial charge in [-0.25, -0.2) is 12.8 Å². The summed E-state index contributed by atoms with van der Waals surface area (Å²) in [5.41, 5.74) is 0.957. The molecule has 0 unspecified atom stereocenters. The Bertz CT molecular complexity index is 1000. The van der Waals surface area contributed by atoms with E-state index in [-0.39, 0.29) is 28.1 Å². The number of nitrogens with zero attached hydrogens (tertiary/aromatic N) is 1. The van der Waals surface area contributed by atoms with Gasteiger partial charge >= 0.3 is 0 Å². The molecule has 0 radical (unpaired) electrons. The van der Waals surface area contributed by atoms with Gasteiger partial charge in [0.15, 0.2) is 0 Å². The quantitative estimate of drug-likeness (QED) is 0.591. The highest BCUT2D eigenvalue weighted by atomic mass is 35.5. The van der Waals surface area contributed by atoms with Gasteiger partial charge in [0.25, 0.3) is 0 Å². The zero-order valence-electron chi connectivity index (χ0n) is 18.3. The molecule has 2 aromatic rings. The van der Waals surface area contributed by atoms with E-state index in [2.05, 4.69) is 5.32 Å². The van der Waals surface area contributed by atoms with Crippen LogP contribution in [0.3, 0.4) is 0 Å². The smallest absolute Gasteiger partial charge is 0.243 e. The first-order chi connectivity index (χ1) is 15.3. The molecule has 174 valence electrons. The highest BCUT2D eigenvalue weighted by Crippen LogP contribution is 2.25. The Morgan fingerprint density at radius 3 is 2.31 bits per heavy atom. The molecule has 0 saturated heterocycles. The number of rotatable bonds is 7. The lowest BCUT2D eigenvalue weighted by molar-refractivity contribution is -0.122. The van der Waals surface area contributed by atoms with Crippen LogP contribution in [0.25, 0.3) is 0 Å². The Morgan fingerprint density at radius 1 is 1.06 bits per heavy atom. The molecule has 0 bridgehead atoms. The first-order valence-electron chi connectivity index (χ1n) is 11.1. The molecule has 0 spiro atoms. The summed E-state index contributed by atoms with van der Waals surface area (Å²) in [4.78, 5) is 12.9. The molecule has 5 nitrogen and oxygen atoms in total. The van der Waals surface area contributed by atoms with Crippen molar-refractivity contribution in [1.82, 2.24) is 9.62 Å². The summed E-state index contributed by atoms with van der Waals surface area (Å²) in [6.07, 6.45) is 7.36. The number of amides is 1. The van der Waals surface area contributed by atoms with E-state index in [4.69, 9.17) is 11.6 Å². The fraction of sp³-hybridized carbons (Fsp3) is 0.458. The minimum atomic E-state index is -4.05. The maximum atomic E-state index is 14.4. The van der Waals surface area contributed by atoms with Crippen LogP contribution in [0, 0.1) is 12.7 Å². The van der Waals surface area contributed by atoms with Gasteiger partial charge in [0.2, 0.25) is 15.9 Å². The van der Waals surface area contributed by atoms with Crippen LogP contribution >= 0.6 is 11.6 Å². The van der Waals surface area contributed by atoms with Gasteiger partial charge in [-0.15, -0.1) is 0 Å². The average Bonchev–Trinajstić information content (AvgIpc) is 2.72. The number of nitrogens with one attached hydrogen (secondary N) is 1. The zero-order valence-corrected chi connectivity index (χ0v) is 19.9. The fourth-order valence-electron chi connectivity index (χ4n) is 3.98. The van der Waals surface area contributed by atoms with Crippen LogP contribution in [0.4, 0.5) is 4.39 Å². The molecule has 1 aliphatic rings. The van der Waals surface area contributed by atoms with Crippen LogP contribution in [0.15, 0.2) is 47.4 Å². The summed E-state index contributed by atoms with van der Waals surface area (Å²) in [5, 5.41) is 3.11. The fourth-order valence-corrected chi connectivity index (χ4v) is 5.57. The first-order valence-corrected chi connectivity index (χ1v) is 12.9. The number of aryl methyl sites for hydroxylation is 1. The number of sulfonamides is 1. The van der Waals surface area contributed by atoms with Crippen LogP contribution in [0.5, 0.6) is 0 Å². The summed E-state index contributed by atoms with van der Waals surface area (Å²) >= 11 is 6.15.